The Balaban J connectivity index is 1.20. The first-order valence-electron chi connectivity index (χ1n) is 10.8. The number of ether oxygens (including phenoxy) is 1. The number of hydrogen-bond acceptors (Lipinski definition) is 4. The number of benzene rings is 3. The molecule has 3 amide bonds. The number of rotatable bonds is 7. The van der Waals surface area contributed by atoms with E-state index in [4.69, 9.17) is 4.74 Å². The average Bonchev–Trinajstić information content (AvgIpc) is 3.22. The number of nitrogens with one attached hydrogen (secondary N) is 2. The molecule has 1 aliphatic heterocycles. The predicted octanol–water partition coefficient (Wildman–Crippen LogP) is 2.93. The Morgan fingerprint density at radius 2 is 1.48 bits per heavy atom. The van der Waals surface area contributed by atoms with Crippen molar-refractivity contribution < 1.29 is 19.1 Å². The van der Waals surface area contributed by atoms with Crippen LogP contribution in [-0.2, 0) is 20.9 Å². The van der Waals surface area contributed by atoms with E-state index in [2.05, 4.69) is 10.9 Å². The highest BCUT2D eigenvalue weighted by Gasteiger charge is 2.34. The first-order valence-corrected chi connectivity index (χ1v) is 10.8. The molecule has 2 N–H and O–H groups in total. The van der Waals surface area contributed by atoms with E-state index in [0.29, 0.717) is 18.8 Å². The summed E-state index contributed by atoms with van der Waals surface area (Å²) in [6.07, 6.45) is 0.124. The molecule has 1 heterocycles. The maximum Gasteiger partial charge on any atom is 0.276 e. The highest BCUT2D eigenvalue weighted by molar-refractivity contribution is 5.90. The van der Waals surface area contributed by atoms with Crippen molar-refractivity contribution in [1.82, 2.24) is 15.8 Å². The molecule has 0 aliphatic carbocycles. The van der Waals surface area contributed by atoms with Crippen molar-refractivity contribution in [3.8, 4) is 16.9 Å². The van der Waals surface area contributed by atoms with E-state index in [9.17, 15) is 14.4 Å². The average molecular weight is 444 g/mol. The standard InChI is InChI=1S/C26H25N3O4/c30-24(18-33-23-13-11-21(12-14-23)20-9-5-2-6-10-20)27-28-26(32)22-15-25(31)29(17-22)16-19-7-3-1-4-8-19/h1-14,22H,15-18H2,(H,27,30)(H,28,32). The van der Waals surface area contributed by atoms with Crippen molar-refractivity contribution in [2.45, 2.75) is 13.0 Å². The van der Waals surface area contributed by atoms with Crippen LogP contribution < -0.4 is 15.6 Å². The summed E-state index contributed by atoms with van der Waals surface area (Å²) in [6.45, 7) is 0.543. The minimum atomic E-state index is -0.507. The van der Waals surface area contributed by atoms with Gasteiger partial charge in [-0.05, 0) is 28.8 Å². The van der Waals surface area contributed by atoms with Gasteiger partial charge in [0.2, 0.25) is 11.8 Å². The van der Waals surface area contributed by atoms with E-state index in [-0.39, 0.29) is 24.8 Å². The van der Waals surface area contributed by atoms with Crippen LogP contribution in [0, 0.1) is 5.92 Å². The molecule has 0 radical (unpaired) electrons. The number of hydrogen-bond donors (Lipinski definition) is 2. The van der Waals surface area contributed by atoms with Crippen LogP contribution >= 0.6 is 0 Å². The SMILES string of the molecule is O=C(COc1ccc(-c2ccccc2)cc1)NNC(=O)C1CC(=O)N(Cc2ccccc2)C1. The lowest BCUT2D eigenvalue weighted by Crippen LogP contribution is -2.46. The summed E-state index contributed by atoms with van der Waals surface area (Å²) in [6, 6.07) is 27.0. The van der Waals surface area contributed by atoms with Gasteiger partial charge in [0.05, 0.1) is 5.92 Å². The molecule has 4 rings (SSSR count). The Morgan fingerprint density at radius 1 is 0.848 bits per heavy atom. The van der Waals surface area contributed by atoms with Gasteiger partial charge >= 0.3 is 0 Å². The van der Waals surface area contributed by atoms with Crippen LogP contribution in [0.2, 0.25) is 0 Å². The number of carbonyl (C=O) groups excluding carboxylic acids is 3. The van der Waals surface area contributed by atoms with E-state index >= 15 is 0 Å². The summed E-state index contributed by atoms with van der Waals surface area (Å²) in [5.74, 6) is -0.907. The smallest absolute Gasteiger partial charge is 0.276 e. The van der Waals surface area contributed by atoms with E-state index in [1.807, 2.05) is 72.8 Å². The third kappa shape index (κ3) is 5.98. The lowest BCUT2D eigenvalue weighted by molar-refractivity contribution is -0.132. The molecule has 33 heavy (non-hydrogen) atoms. The maximum atomic E-state index is 12.4. The molecule has 0 aromatic heterocycles. The van der Waals surface area contributed by atoms with E-state index in [1.54, 1.807) is 17.0 Å². The highest BCUT2D eigenvalue weighted by Crippen LogP contribution is 2.22. The first kappa shape index (κ1) is 22.1. The summed E-state index contributed by atoms with van der Waals surface area (Å²) in [7, 11) is 0. The van der Waals surface area contributed by atoms with Gasteiger partial charge in [0, 0.05) is 19.5 Å². The Morgan fingerprint density at radius 3 is 2.18 bits per heavy atom. The Labute approximate surface area is 192 Å². The molecule has 3 aromatic rings. The molecule has 3 aromatic carbocycles. The second-order valence-corrected chi connectivity index (χ2v) is 7.88. The fourth-order valence-electron chi connectivity index (χ4n) is 3.70. The molecule has 168 valence electrons. The zero-order valence-corrected chi connectivity index (χ0v) is 18.1. The van der Waals surface area contributed by atoms with Gasteiger partial charge in [-0.15, -0.1) is 0 Å². The molecule has 0 bridgehead atoms. The van der Waals surface area contributed by atoms with Crippen LogP contribution in [0.4, 0.5) is 0 Å². The summed E-state index contributed by atoms with van der Waals surface area (Å²) in [4.78, 5) is 38.4. The molecule has 1 saturated heterocycles. The van der Waals surface area contributed by atoms with Crippen LogP contribution in [-0.4, -0.2) is 35.8 Å². The number of amides is 3. The first-order chi connectivity index (χ1) is 16.1. The van der Waals surface area contributed by atoms with Crippen LogP contribution in [0.1, 0.15) is 12.0 Å². The summed E-state index contributed by atoms with van der Waals surface area (Å²) >= 11 is 0. The molecule has 1 aliphatic rings. The fourth-order valence-corrected chi connectivity index (χ4v) is 3.70. The summed E-state index contributed by atoms with van der Waals surface area (Å²) in [5.41, 5.74) is 7.90. The van der Waals surface area contributed by atoms with Gasteiger partial charge < -0.3 is 9.64 Å². The van der Waals surface area contributed by atoms with Crippen molar-refractivity contribution in [1.29, 1.82) is 0 Å². The lowest BCUT2D eigenvalue weighted by atomic mass is 10.1. The zero-order chi connectivity index (χ0) is 23.0. The topological polar surface area (TPSA) is 87.7 Å². The molecule has 7 heteroatoms. The van der Waals surface area contributed by atoms with E-state index < -0.39 is 11.8 Å². The van der Waals surface area contributed by atoms with Crippen LogP contribution in [0.15, 0.2) is 84.9 Å². The third-order valence-corrected chi connectivity index (χ3v) is 5.46. The van der Waals surface area contributed by atoms with Gasteiger partial charge in [0.25, 0.3) is 5.91 Å². The van der Waals surface area contributed by atoms with Gasteiger partial charge in [0.1, 0.15) is 5.75 Å². The zero-order valence-electron chi connectivity index (χ0n) is 18.1. The van der Waals surface area contributed by atoms with Gasteiger partial charge in [-0.1, -0.05) is 72.8 Å². The Kier molecular flexibility index (Phi) is 6.99. The van der Waals surface area contributed by atoms with E-state index in [0.717, 1.165) is 16.7 Å². The predicted molar refractivity (Wildman–Crippen MR) is 124 cm³/mol. The largest absolute Gasteiger partial charge is 0.484 e. The van der Waals surface area contributed by atoms with E-state index in [1.165, 1.54) is 0 Å². The quantitative estimate of drug-likeness (QED) is 0.550. The number of hydrazine groups is 1. The molecule has 1 fully saturated rings. The van der Waals surface area contributed by atoms with Crippen molar-refractivity contribution >= 4 is 17.7 Å². The Bertz CT molecular complexity index is 1100. The van der Waals surface area contributed by atoms with Gasteiger partial charge in [-0.2, -0.15) is 0 Å². The minimum absolute atomic E-state index is 0.0763. The number of likely N-dealkylation sites (tertiary alicyclic amines) is 1. The molecule has 7 nitrogen and oxygen atoms in total. The number of nitrogens with zero attached hydrogens (tertiary/aromatic N) is 1. The third-order valence-electron chi connectivity index (χ3n) is 5.46. The fraction of sp³-hybridized carbons (Fsp3) is 0.192. The van der Waals surface area contributed by atoms with Gasteiger partial charge in [-0.25, -0.2) is 0 Å². The van der Waals surface area contributed by atoms with Crippen LogP contribution in [0.5, 0.6) is 5.75 Å². The molecule has 1 unspecified atom stereocenters. The van der Waals surface area contributed by atoms with Gasteiger partial charge in [-0.3, -0.25) is 25.2 Å². The summed E-state index contributed by atoms with van der Waals surface area (Å²) in [5, 5.41) is 0. The van der Waals surface area contributed by atoms with Crippen molar-refractivity contribution in [2.24, 2.45) is 5.92 Å². The maximum absolute atomic E-state index is 12.4. The second kappa shape index (κ2) is 10.5. The normalized spacial score (nSPS) is 15.2. The minimum Gasteiger partial charge on any atom is -0.484 e. The molecular weight excluding hydrogens is 418 g/mol. The molecule has 0 spiro atoms. The van der Waals surface area contributed by atoms with Gasteiger partial charge in [0.15, 0.2) is 6.61 Å². The monoisotopic (exact) mass is 443 g/mol. The molecular formula is C26H25N3O4. The van der Waals surface area contributed by atoms with Crippen molar-refractivity contribution in [3.05, 3.63) is 90.5 Å². The van der Waals surface area contributed by atoms with Crippen molar-refractivity contribution in [3.63, 3.8) is 0 Å². The van der Waals surface area contributed by atoms with Crippen molar-refractivity contribution in [2.75, 3.05) is 13.2 Å². The lowest BCUT2D eigenvalue weighted by Gasteiger charge is -2.16. The Hall–Kier alpha value is -4.13. The second-order valence-electron chi connectivity index (χ2n) is 7.88. The molecule has 1 atom stereocenters. The highest BCUT2D eigenvalue weighted by atomic mass is 16.5. The number of carbonyl (C=O) groups is 3. The van der Waals surface area contributed by atoms with Crippen LogP contribution in [0.3, 0.4) is 0 Å². The summed E-state index contributed by atoms with van der Waals surface area (Å²) < 4.78 is 5.49. The van der Waals surface area contributed by atoms with Crippen LogP contribution in [0.25, 0.3) is 11.1 Å². The molecule has 0 saturated carbocycles.